The van der Waals surface area contributed by atoms with Crippen LogP contribution in [-0.2, 0) is 6.61 Å². The number of ether oxygens (including phenoxy) is 1. The van der Waals surface area contributed by atoms with Crippen LogP contribution in [0.25, 0.3) is 10.4 Å². The minimum absolute atomic E-state index is 0.547. The monoisotopic (exact) mass is 296 g/mol. The summed E-state index contributed by atoms with van der Waals surface area (Å²) in [5.41, 5.74) is 9.07. The molecule has 0 aliphatic rings. The van der Waals surface area contributed by atoms with Gasteiger partial charge in [-0.05, 0) is 30.2 Å². The highest BCUT2D eigenvalue weighted by Gasteiger charge is 2.10. The molecule has 0 saturated heterocycles. The Bertz CT molecular complexity index is 738. The van der Waals surface area contributed by atoms with Gasteiger partial charge in [0, 0.05) is 11.8 Å². The summed E-state index contributed by atoms with van der Waals surface area (Å²) < 4.78 is 6.01. The van der Waals surface area contributed by atoms with Crippen LogP contribution in [0.15, 0.2) is 54.7 Å². The maximum Gasteiger partial charge on any atom is 0.180 e. The van der Waals surface area contributed by atoms with Crippen LogP contribution in [0.4, 0.5) is 5.13 Å². The fourth-order valence-corrected chi connectivity index (χ4v) is 2.81. The van der Waals surface area contributed by atoms with Crippen molar-refractivity contribution >= 4 is 16.5 Å². The lowest BCUT2D eigenvalue weighted by molar-refractivity contribution is 0.307. The third kappa shape index (κ3) is 3.23. The average Bonchev–Trinajstić information content (AvgIpc) is 2.93. The van der Waals surface area contributed by atoms with Crippen LogP contribution in [0, 0.1) is 6.92 Å². The number of benzene rings is 2. The molecule has 0 fully saturated rings. The Balaban J connectivity index is 1.88. The summed E-state index contributed by atoms with van der Waals surface area (Å²) in [5.74, 6) is 0.863. The molecule has 3 rings (SSSR count). The Labute approximate surface area is 128 Å². The van der Waals surface area contributed by atoms with Gasteiger partial charge in [0.25, 0.3) is 0 Å². The molecule has 0 spiro atoms. The third-order valence-electron chi connectivity index (χ3n) is 3.16. The molecule has 21 heavy (non-hydrogen) atoms. The maximum absolute atomic E-state index is 6.01. The molecule has 3 nitrogen and oxygen atoms in total. The lowest BCUT2D eigenvalue weighted by Crippen LogP contribution is -1.97. The molecule has 0 atom stereocenters. The van der Waals surface area contributed by atoms with Gasteiger partial charge in [-0.25, -0.2) is 4.98 Å². The summed E-state index contributed by atoms with van der Waals surface area (Å²) in [6.07, 6.45) is 1.79. The molecule has 0 aliphatic heterocycles. The van der Waals surface area contributed by atoms with E-state index in [1.54, 1.807) is 6.20 Å². The highest BCUT2D eigenvalue weighted by atomic mass is 32.1. The van der Waals surface area contributed by atoms with E-state index in [9.17, 15) is 0 Å². The number of anilines is 1. The summed E-state index contributed by atoms with van der Waals surface area (Å²) in [4.78, 5) is 5.14. The molecular formula is C17H16N2OS. The van der Waals surface area contributed by atoms with E-state index >= 15 is 0 Å². The van der Waals surface area contributed by atoms with Crippen molar-refractivity contribution < 1.29 is 4.74 Å². The zero-order valence-electron chi connectivity index (χ0n) is 11.7. The molecule has 0 amide bonds. The van der Waals surface area contributed by atoms with Crippen molar-refractivity contribution in [1.29, 1.82) is 0 Å². The Morgan fingerprint density at radius 3 is 2.67 bits per heavy atom. The van der Waals surface area contributed by atoms with Gasteiger partial charge in [-0.15, -0.1) is 0 Å². The van der Waals surface area contributed by atoms with Crippen molar-refractivity contribution in [2.24, 2.45) is 0 Å². The fraction of sp³-hybridized carbons (Fsp3) is 0.118. The van der Waals surface area contributed by atoms with Gasteiger partial charge >= 0.3 is 0 Å². The SMILES string of the molecule is Cc1ccc(-c2cnc(N)s2)c(OCc2ccccc2)c1. The highest BCUT2D eigenvalue weighted by Crippen LogP contribution is 2.35. The van der Waals surface area contributed by atoms with E-state index in [0.29, 0.717) is 11.7 Å². The molecule has 4 heteroatoms. The molecule has 1 aromatic heterocycles. The zero-order valence-corrected chi connectivity index (χ0v) is 12.6. The normalized spacial score (nSPS) is 10.5. The largest absolute Gasteiger partial charge is 0.488 e. The van der Waals surface area contributed by atoms with Crippen LogP contribution in [-0.4, -0.2) is 4.98 Å². The summed E-state index contributed by atoms with van der Waals surface area (Å²) in [6, 6.07) is 16.3. The zero-order chi connectivity index (χ0) is 14.7. The molecule has 0 aliphatic carbocycles. The van der Waals surface area contributed by atoms with Crippen LogP contribution in [0.5, 0.6) is 5.75 Å². The number of hydrogen-bond acceptors (Lipinski definition) is 4. The van der Waals surface area contributed by atoms with Crippen molar-refractivity contribution in [2.75, 3.05) is 5.73 Å². The van der Waals surface area contributed by atoms with Crippen molar-refractivity contribution in [3.63, 3.8) is 0 Å². The fourth-order valence-electron chi connectivity index (χ4n) is 2.10. The standard InChI is InChI=1S/C17H16N2OS/c1-12-7-8-14(16-10-19-17(18)21-16)15(9-12)20-11-13-5-3-2-4-6-13/h2-10H,11H2,1H3,(H2,18,19). The van der Waals surface area contributed by atoms with E-state index in [4.69, 9.17) is 10.5 Å². The Morgan fingerprint density at radius 2 is 1.95 bits per heavy atom. The van der Waals surface area contributed by atoms with Crippen molar-refractivity contribution in [3.05, 3.63) is 65.9 Å². The first-order valence-electron chi connectivity index (χ1n) is 6.71. The molecule has 1 heterocycles. The Kier molecular flexibility index (Phi) is 3.88. The van der Waals surface area contributed by atoms with Gasteiger partial charge in [0.05, 0.1) is 4.88 Å². The van der Waals surface area contributed by atoms with E-state index in [-0.39, 0.29) is 0 Å². The second kappa shape index (κ2) is 5.97. The predicted octanol–water partition coefficient (Wildman–Crippen LogP) is 4.28. The first-order valence-corrected chi connectivity index (χ1v) is 7.53. The number of rotatable bonds is 4. The number of aryl methyl sites for hydroxylation is 1. The van der Waals surface area contributed by atoms with E-state index in [2.05, 4.69) is 36.2 Å². The molecular weight excluding hydrogens is 280 g/mol. The van der Waals surface area contributed by atoms with Crippen molar-refractivity contribution in [2.45, 2.75) is 13.5 Å². The first-order chi connectivity index (χ1) is 10.2. The van der Waals surface area contributed by atoms with Gasteiger partial charge in [0.2, 0.25) is 0 Å². The summed E-state index contributed by atoms with van der Waals surface area (Å²) in [6.45, 7) is 2.60. The summed E-state index contributed by atoms with van der Waals surface area (Å²) in [5, 5.41) is 0.569. The minimum Gasteiger partial charge on any atom is -0.488 e. The molecule has 3 aromatic rings. The number of nitrogens with zero attached hydrogens (tertiary/aromatic N) is 1. The Hall–Kier alpha value is -2.33. The molecule has 2 N–H and O–H groups in total. The predicted molar refractivity (Wildman–Crippen MR) is 87.5 cm³/mol. The number of hydrogen-bond donors (Lipinski definition) is 1. The van der Waals surface area contributed by atoms with Crippen molar-refractivity contribution in [3.8, 4) is 16.2 Å². The second-order valence-electron chi connectivity index (χ2n) is 4.84. The molecule has 106 valence electrons. The van der Waals surface area contributed by atoms with E-state index in [1.165, 1.54) is 16.9 Å². The van der Waals surface area contributed by atoms with Gasteiger partial charge < -0.3 is 10.5 Å². The van der Waals surface area contributed by atoms with Crippen LogP contribution in [0.2, 0.25) is 0 Å². The first kappa shape index (κ1) is 13.6. The van der Waals surface area contributed by atoms with Gasteiger partial charge in [0.15, 0.2) is 5.13 Å². The third-order valence-corrected chi connectivity index (χ3v) is 4.02. The number of nitrogens with two attached hydrogens (primary N) is 1. The number of aromatic nitrogens is 1. The van der Waals surface area contributed by atoms with Crippen LogP contribution >= 0.6 is 11.3 Å². The highest BCUT2D eigenvalue weighted by molar-refractivity contribution is 7.18. The van der Waals surface area contributed by atoms with Gasteiger partial charge in [0.1, 0.15) is 12.4 Å². The lowest BCUT2D eigenvalue weighted by atomic mass is 10.1. The molecule has 0 saturated carbocycles. The van der Waals surface area contributed by atoms with Gasteiger partial charge in [-0.1, -0.05) is 47.7 Å². The van der Waals surface area contributed by atoms with Crippen LogP contribution < -0.4 is 10.5 Å². The van der Waals surface area contributed by atoms with Gasteiger partial charge in [-0.3, -0.25) is 0 Å². The molecule has 0 unspecified atom stereocenters. The average molecular weight is 296 g/mol. The molecule has 2 aromatic carbocycles. The second-order valence-corrected chi connectivity index (χ2v) is 5.90. The molecule has 0 radical (unpaired) electrons. The van der Waals surface area contributed by atoms with E-state index < -0.39 is 0 Å². The number of nitrogen functional groups attached to an aromatic ring is 1. The molecule has 0 bridgehead atoms. The van der Waals surface area contributed by atoms with E-state index in [1.807, 2.05) is 24.3 Å². The summed E-state index contributed by atoms with van der Waals surface area (Å²) in [7, 11) is 0. The van der Waals surface area contributed by atoms with Crippen LogP contribution in [0.1, 0.15) is 11.1 Å². The quantitative estimate of drug-likeness (QED) is 0.781. The lowest BCUT2D eigenvalue weighted by Gasteiger charge is -2.11. The summed E-state index contributed by atoms with van der Waals surface area (Å²) >= 11 is 1.47. The van der Waals surface area contributed by atoms with Crippen molar-refractivity contribution in [1.82, 2.24) is 4.98 Å². The van der Waals surface area contributed by atoms with Crippen LogP contribution in [0.3, 0.4) is 0 Å². The number of thiazole rings is 1. The maximum atomic E-state index is 6.01. The Morgan fingerprint density at radius 1 is 1.14 bits per heavy atom. The topological polar surface area (TPSA) is 48.1 Å². The van der Waals surface area contributed by atoms with Gasteiger partial charge in [-0.2, -0.15) is 0 Å². The van der Waals surface area contributed by atoms with E-state index in [0.717, 1.165) is 21.8 Å². The smallest absolute Gasteiger partial charge is 0.180 e. The minimum atomic E-state index is 0.547.